The molecule has 1 N–H and O–H groups in total. The van der Waals surface area contributed by atoms with Crippen molar-refractivity contribution in [3.05, 3.63) is 69.6 Å². The second kappa shape index (κ2) is 5.96. The highest BCUT2D eigenvalue weighted by Crippen LogP contribution is 2.13. The van der Waals surface area contributed by atoms with Crippen molar-refractivity contribution in [3.8, 4) is 5.75 Å². The van der Waals surface area contributed by atoms with Crippen LogP contribution in [0.2, 0.25) is 0 Å². The summed E-state index contributed by atoms with van der Waals surface area (Å²) >= 11 is 0. The quantitative estimate of drug-likeness (QED) is 0.716. The Kier molecular flexibility index (Phi) is 3.84. The van der Waals surface area contributed by atoms with Gasteiger partial charge in [-0.25, -0.2) is 9.78 Å². The summed E-state index contributed by atoms with van der Waals surface area (Å²) < 4.78 is 7.94. The molecule has 118 valence electrons. The summed E-state index contributed by atoms with van der Waals surface area (Å²) in [4.78, 5) is 31.1. The number of methoxy groups -OCH3 is 1. The predicted molar refractivity (Wildman–Crippen MR) is 86.9 cm³/mol. The SMILES string of the molecule is C=CCn1c(=O)[nH]c2ncn(Cc3ccc(OC)cc3)c2c1=O. The molecule has 0 aliphatic rings. The molecular formula is C16H16N4O3. The standard InChI is InChI=1S/C16H16N4O3/c1-3-8-20-15(21)13-14(18-16(20)22)17-10-19(13)9-11-4-6-12(23-2)7-5-11/h3-7,10H,1,8-9H2,2H3,(H,18,22). The van der Waals surface area contributed by atoms with Gasteiger partial charge in [-0.3, -0.25) is 14.3 Å². The first-order valence-corrected chi connectivity index (χ1v) is 7.06. The van der Waals surface area contributed by atoms with Gasteiger partial charge in [-0.15, -0.1) is 6.58 Å². The number of hydrogen-bond acceptors (Lipinski definition) is 4. The minimum atomic E-state index is -0.489. The lowest BCUT2D eigenvalue weighted by Crippen LogP contribution is -2.35. The molecule has 0 saturated carbocycles. The number of aromatic amines is 1. The Hall–Kier alpha value is -3.09. The molecule has 0 amide bonds. The fourth-order valence-electron chi connectivity index (χ4n) is 2.43. The van der Waals surface area contributed by atoms with Crippen LogP contribution in [0.15, 0.2) is 52.8 Å². The largest absolute Gasteiger partial charge is 0.497 e. The first kappa shape index (κ1) is 14.8. The van der Waals surface area contributed by atoms with Gasteiger partial charge >= 0.3 is 5.69 Å². The van der Waals surface area contributed by atoms with Crippen molar-refractivity contribution in [2.24, 2.45) is 0 Å². The van der Waals surface area contributed by atoms with Crippen molar-refractivity contribution in [2.45, 2.75) is 13.1 Å². The molecule has 0 unspecified atom stereocenters. The van der Waals surface area contributed by atoms with E-state index in [-0.39, 0.29) is 17.8 Å². The van der Waals surface area contributed by atoms with Gasteiger partial charge < -0.3 is 9.30 Å². The maximum Gasteiger partial charge on any atom is 0.330 e. The number of nitrogens with zero attached hydrogens (tertiary/aromatic N) is 3. The van der Waals surface area contributed by atoms with Gasteiger partial charge in [0.15, 0.2) is 11.2 Å². The summed E-state index contributed by atoms with van der Waals surface area (Å²) in [7, 11) is 1.61. The van der Waals surface area contributed by atoms with Crippen molar-refractivity contribution in [1.29, 1.82) is 0 Å². The average Bonchev–Trinajstić information content (AvgIpc) is 2.95. The number of nitrogens with one attached hydrogen (secondary N) is 1. The number of benzene rings is 1. The molecule has 7 nitrogen and oxygen atoms in total. The number of allylic oxidation sites excluding steroid dienone is 1. The lowest BCUT2D eigenvalue weighted by molar-refractivity contribution is 0.414. The minimum absolute atomic E-state index is 0.151. The molecule has 0 radical (unpaired) electrons. The Bertz CT molecular complexity index is 964. The zero-order valence-electron chi connectivity index (χ0n) is 12.7. The molecule has 3 rings (SSSR count). The van der Waals surface area contributed by atoms with Crippen molar-refractivity contribution >= 4 is 11.2 Å². The molecular weight excluding hydrogens is 296 g/mol. The Morgan fingerprint density at radius 1 is 1.30 bits per heavy atom. The molecule has 2 heterocycles. The molecule has 0 fully saturated rings. The average molecular weight is 312 g/mol. The van der Waals surface area contributed by atoms with E-state index in [9.17, 15) is 9.59 Å². The summed E-state index contributed by atoms with van der Waals surface area (Å²) in [6.07, 6.45) is 3.05. The monoisotopic (exact) mass is 312 g/mol. The second-order valence-corrected chi connectivity index (χ2v) is 5.05. The van der Waals surface area contributed by atoms with Crippen LogP contribution < -0.4 is 16.0 Å². The smallest absolute Gasteiger partial charge is 0.330 e. The lowest BCUT2D eigenvalue weighted by atomic mass is 10.2. The van der Waals surface area contributed by atoms with E-state index in [2.05, 4.69) is 16.5 Å². The van der Waals surface area contributed by atoms with Crippen molar-refractivity contribution < 1.29 is 4.74 Å². The van der Waals surface area contributed by atoms with E-state index in [1.807, 2.05) is 24.3 Å². The summed E-state index contributed by atoms with van der Waals surface area (Å²) in [6.45, 7) is 4.18. The second-order valence-electron chi connectivity index (χ2n) is 5.05. The van der Waals surface area contributed by atoms with Crippen LogP contribution in [0.3, 0.4) is 0 Å². The van der Waals surface area contributed by atoms with E-state index < -0.39 is 5.69 Å². The van der Waals surface area contributed by atoms with E-state index in [4.69, 9.17) is 4.74 Å². The number of ether oxygens (including phenoxy) is 1. The van der Waals surface area contributed by atoms with Gasteiger partial charge in [-0.05, 0) is 17.7 Å². The number of H-pyrrole nitrogens is 1. The molecule has 0 spiro atoms. The molecule has 0 bridgehead atoms. The van der Waals surface area contributed by atoms with Crippen molar-refractivity contribution in [2.75, 3.05) is 7.11 Å². The van der Waals surface area contributed by atoms with Gasteiger partial charge in [-0.1, -0.05) is 18.2 Å². The van der Waals surface area contributed by atoms with Crippen LogP contribution in [-0.2, 0) is 13.1 Å². The first-order valence-electron chi connectivity index (χ1n) is 7.06. The number of rotatable bonds is 5. The van der Waals surface area contributed by atoms with E-state index in [1.54, 1.807) is 18.0 Å². The molecule has 0 aliphatic carbocycles. The highest BCUT2D eigenvalue weighted by atomic mass is 16.5. The van der Waals surface area contributed by atoms with E-state index in [1.165, 1.54) is 6.08 Å². The number of imidazole rings is 1. The zero-order chi connectivity index (χ0) is 16.4. The predicted octanol–water partition coefficient (Wildman–Crippen LogP) is 1.13. The number of aromatic nitrogens is 4. The zero-order valence-corrected chi connectivity index (χ0v) is 12.7. The van der Waals surface area contributed by atoms with Crippen LogP contribution in [0.25, 0.3) is 11.2 Å². The van der Waals surface area contributed by atoms with Gasteiger partial charge in [-0.2, -0.15) is 0 Å². The van der Waals surface area contributed by atoms with Gasteiger partial charge in [0.2, 0.25) is 0 Å². The number of hydrogen-bond donors (Lipinski definition) is 1. The topological polar surface area (TPSA) is 81.9 Å². The Labute approximate surface area is 131 Å². The third-order valence-electron chi connectivity index (χ3n) is 3.58. The first-order chi connectivity index (χ1) is 11.1. The van der Waals surface area contributed by atoms with Crippen LogP contribution in [0.4, 0.5) is 0 Å². The fourth-order valence-corrected chi connectivity index (χ4v) is 2.43. The molecule has 0 saturated heterocycles. The summed E-state index contributed by atoms with van der Waals surface area (Å²) in [5, 5.41) is 0. The van der Waals surface area contributed by atoms with Crippen molar-refractivity contribution in [3.63, 3.8) is 0 Å². The fraction of sp³-hybridized carbons (Fsp3) is 0.188. The molecule has 1 aromatic carbocycles. The van der Waals surface area contributed by atoms with Gasteiger partial charge in [0, 0.05) is 13.1 Å². The van der Waals surface area contributed by atoms with E-state index in [0.717, 1.165) is 15.9 Å². The number of fused-ring (bicyclic) bond motifs is 1. The molecule has 0 atom stereocenters. The summed E-state index contributed by atoms with van der Waals surface area (Å²) in [5.74, 6) is 0.766. The molecule has 7 heteroatoms. The third-order valence-corrected chi connectivity index (χ3v) is 3.58. The van der Waals surface area contributed by atoms with Crippen LogP contribution >= 0.6 is 0 Å². The van der Waals surface area contributed by atoms with E-state index >= 15 is 0 Å². The normalized spacial score (nSPS) is 10.8. The van der Waals surface area contributed by atoms with Crippen LogP contribution in [0.5, 0.6) is 5.75 Å². The Morgan fingerprint density at radius 3 is 2.70 bits per heavy atom. The van der Waals surface area contributed by atoms with E-state index in [0.29, 0.717) is 12.1 Å². The molecule has 0 aliphatic heterocycles. The summed E-state index contributed by atoms with van der Waals surface area (Å²) in [6, 6.07) is 7.54. The third kappa shape index (κ3) is 2.68. The maximum atomic E-state index is 12.5. The van der Waals surface area contributed by atoms with Gasteiger partial charge in [0.05, 0.1) is 13.4 Å². The maximum absolute atomic E-state index is 12.5. The van der Waals surface area contributed by atoms with Gasteiger partial charge in [0.1, 0.15) is 5.75 Å². The molecule has 3 aromatic rings. The molecule has 2 aromatic heterocycles. The van der Waals surface area contributed by atoms with Crippen LogP contribution in [0, 0.1) is 0 Å². The van der Waals surface area contributed by atoms with Crippen LogP contribution in [0.1, 0.15) is 5.56 Å². The highest BCUT2D eigenvalue weighted by Gasteiger charge is 2.12. The van der Waals surface area contributed by atoms with Gasteiger partial charge in [0.25, 0.3) is 5.56 Å². The highest BCUT2D eigenvalue weighted by molar-refractivity contribution is 5.69. The summed E-state index contributed by atoms with van der Waals surface area (Å²) in [5.41, 5.74) is 0.772. The Morgan fingerprint density at radius 2 is 2.04 bits per heavy atom. The minimum Gasteiger partial charge on any atom is -0.497 e. The Balaban J connectivity index is 2.07. The lowest BCUT2D eigenvalue weighted by Gasteiger charge is -2.06. The van der Waals surface area contributed by atoms with Crippen molar-refractivity contribution in [1.82, 2.24) is 19.1 Å². The molecule has 23 heavy (non-hydrogen) atoms. The van der Waals surface area contributed by atoms with Crippen LogP contribution in [-0.4, -0.2) is 26.2 Å².